The molecule has 23 heavy (non-hydrogen) atoms. The number of hydrogen-bond donors (Lipinski definition) is 1. The molecule has 0 bridgehead atoms. The molecule has 1 amide bonds. The quantitative estimate of drug-likeness (QED) is 0.209. The molecule has 0 spiro atoms. The lowest BCUT2D eigenvalue weighted by molar-refractivity contribution is -0.130. The molecule has 8 heteroatoms. The summed E-state index contributed by atoms with van der Waals surface area (Å²) >= 11 is 10.3. The molecule has 0 saturated carbocycles. The van der Waals surface area contributed by atoms with E-state index in [1.165, 1.54) is 18.0 Å². The minimum atomic E-state index is -0.0330. The molecule has 0 aromatic carbocycles. The van der Waals surface area contributed by atoms with Crippen LogP contribution in [-0.2, 0) is 4.79 Å². The van der Waals surface area contributed by atoms with Gasteiger partial charge in [0, 0.05) is 31.3 Å². The van der Waals surface area contributed by atoms with Crippen LogP contribution in [0, 0.1) is 0 Å². The highest BCUT2D eigenvalue weighted by Gasteiger charge is 2.29. The monoisotopic (exact) mass is 423 g/mol. The zero-order valence-corrected chi connectivity index (χ0v) is 16.2. The van der Waals surface area contributed by atoms with Crippen molar-refractivity contribution in [3.8, 4) is 0 Å². The van der Waals surface area contributed by atoms with Gasteiger partial charge in [-0.15, -0.1) is 0 Å². The Bertz CT molecular complexity index is 533. The third kappa shape index (κ3) is 7.20. The Morgan fingerprint density at radius 3 is 2.87 bits per heavy atom. The first-order valence-electron chi connectivity index (χ1n) is 7.06. The fourth-order valence-corrected chi connectivity index (χ4v) is 2.79. The van der Waals surface area contributed by atoms with Gasteiger partial charge in [0.25, 0.3) is 0 Å². The maximum atomic E-state index is 12.3. The van der Waals surface area contributed by atoms with E-state index in [0.29, 0.717) is 30.9 Å². The third-order valence-electron chi connectivity index (χ3n) is 3.11. The molecule has 1 atom stereocenters. The average molecular weight is 425 g/mol. The fourth-order valence-electron chi connectivity index (χ4n) is 1.85. The first-order chi connectivity index (χ1) is 10.9. The smallest absolute Gasteiger partial charge is 0.246 e. The lowest BCUT2D eigenvalue weighted by Gasteiger charge is -2.40. The van der Waals surface area contributed by atoms with Crippen LogP contribution >= 0.6 is 39.5 Å². The summed E-state index contributed by atoms with van der Waals surface area (Å²) < 4.78 is 16.9. The third-order valence-corrected chi connectivity index (χ3v) is 5.16. The second kappa shape index (κ2) is 10.3. The Labute approximate surface area is 154 Å². The maximum absolute atomic E-state index is 12.3. The molecule has 128 valence electrons. The van der Waals surface area contributed by atoms with E-state index >= 15 is 0 Å². The van der Waals surface area contributed by atoms with Crippen LogP contribution < -0.4 is 5.32 Å². The van der Waals surface area contributed by atoms with Crippen molar-refractivity contribution in [3.63, 3.8) is 0 Å². The van der Waals surface area contributed by atoms with Crippen molar-refractivity contribution < 1.29 is 9.18 Å². The molecule has 1 aliphatic rings. The molecule has 1 rings (SSSR count). The normalized spacial score (nSPS) is 18.7. The minimum absolute atomic E-state index is 0.0330. The number of hydrogen-bond acceptors (Lipinski definition) is 4. The van der Waals surface area contributed by atoms with E-state index in [1.807, 2.05) is 13.8 Å². The van der Waals surface area contributed by atoms with Crippen molar-refractivity contribution in [2.45, 2.75) is 31.7 Å². The maximum Gasteiger partial charge on any atom is 0.246 e. The molecule has 1 unspecified atom stereocenters. The molecular weight excluding hydrogens is 405 g/mol. The summed E-state index contributed by atoms with van der Waals surface area (Å²) in [6, 6.07) is 0.289. The molecular formula is C15H20BrClFN3OS. The Morgan fingerprint density at radius 2 is 2.30 bits per heavy atom. The van der Waals surface area contributed by atoms with Crippen molar-refractivity contribution in [2.75, 3.05) is 13.1 Å². The van der Waals surface area contributed by atoms with Crippen LogP contribution in [0.25, 0.3) is 0 Å². The van der Waals surface area contributed by atoms with E-state index < -0.39 is 0 Å². The van der Waals surface area contributed by atoms with Gasteiger partial charge in [-0.3, -0.25) is 10.1 Å². The molecule has 1 N–H and O–H groups in total. The van der Waals surface area contributed by atoms with Crippen LogP contribution in [0.1, 0.15) is 20.3 Å². The van der Waals surface area contributed by atoms with Crippen LogP contribution in [0.4, 0.5) is 4.39 Å². The summed E-state index contributed by atoms with van der Waals surface area (Å²) in [7, 11) is 0. The van der Waals surface area contributed by atoms with Crippen LogP contribution in [-0.4, -0.2) is 41.0 Å². The SMILES string of the molecule is C=CC(=O)N1CC(NC(C)S/N=C(/C)C/C=C(Cl)\C(Br)=C\F)C1. The molecule has 0 aromatic heterocycles. The number of carbonyl (C=O) groups excluding carboxylic acids is 1. The summed E-state index contributed by atoms with van der Waals surface area (Å²) in [5.41, 5.74) is 0.887. The first kappa shape index (κ1) is 20.4. The zero-order valence-electron chi connectivity index (χ0n) is 13.1. The number of halogens is 3. The highest BCUT2D eigenvalue weighted by molar-refractivity contribution is 9.12. The van der Waals surface area contributed by atoms with Crippen molar-refractivity contribution in [2.24, 2.45) is 4.40 Å². The van der Waals surface area contributed by atoms with Crippen LogP contribution in [0.15, 0.2) is 39.0 Å². The molecule has 0 aromatic rings. The number of carbonyl (C=O) groups is 1. The van der Waals surface area contributed by atoms with E-state index in [2.05, 4.69) is 32.2 Å². The van der Waals surface area contributed by atoms with Gasteiger partial charge in [-0.1, -0.05) is 24.3 Å². The minimum Gasteiger partial charge on any atom is -0.336 e. The van der Waals surface area contributed by atoms with Gasteiger partial charge in [-0.2, -0.15) is 0 Å². The number of rotatable bonds is 8. The van der Waals surface area contributed by atoms with Crippen molar-refractivity contribution in [1.29, 1.82) is 0 Å². The largest absolute Gasteiger partial charge is 0.336 e. The number of nitrogens with zero attached hydrogens (tertiary/aromatic N) is 2. The van der Waals surface area contributed by atoms with Crippen LogP contribution in [0.5, 0.6) is 0 Å². The first-order valence-corrected chi connectivity index (χ1v) is 9.06. The van der Waals surface area contributed by atoms with E-state index in [9.17, 15) is 9.18 Å². The van der Waals surface area contributed by atoms with Gasteiger partial charge in [0.1, 0.15) is 6.33 Å². The second-order valence-electron chi connectivity index (χ2n) is 5.10. The standard InChI is InChI=1S/C15H20BrClFN3OS/c1-4-15(22)21-8-12(9-21)19-11(3)23-20-10(2)5-6-14(17)13(16)7-18/h4,6-7,11-12,19H,1,5,8-9H2,2-3H3/b13-7-,14-6+,20-10-. The van der Waals surface area contributed by atoms with Gasteiger partial charge >= 0.3 is 0 Å². The van der Waals surface area contributed by atoms with E-state index in [4.69, 9.17) is 11.6 Å². The van der Waals surface area contributed by atoms with Crippen molar-refractivity contribution in [3.05, 3.63) is 34.6 Å². The summed E-state index contributed by atoms with van der Waals surface area (Å²) in [6.45, 7) is 8.77. The van der Waals surface area contributed by atoms with Gasteiger partial charge in [0.15, 0.2) is 0 Å². The predicted octanol–water partition coefficient (Wildman–Crippen LogP) is 4.15. The molecule has 0 aliphatic carbocycles. The van der Waals surface area contributed by atoms with Crippen LogP contribution in [0.2, 0.25) is 0 Å². The van der Waals surface area contributed by atoms with E-state index in [0.717, 1.165) is 5.71 Å². The topological polar surface area (TPSA) is 44.7 Å². The van der Waals surface area contributed by atoms with Gasteiger partial charge < -0.3 is 4.90 Å². The molecule has 0 radical (unpaired) electrons. The fraction of sp³-hybridized carbons (Fsp3) is 0.467. The Balaban J connectivity index is 2.31. The Hall–Kier alpha value is -0.630. The highest BCUT2D eigenvalue weighted by Crippen LogP contribution is 2.22. The lowest BCUT2D eigenvalue weighted by atomic mass is 10.1. The van der Waals surface area contributed by atoms with Crippen molar-refractivity contribution in [1.82, 2.24) is 10.2 Å². The van der Waals surface area contributed by atoms with E-state index in [1.54, 1.807) is 11.0 Å². The zero-order chi connectivity index (χ0) is 17.4. The lowest BCUT2D eigenvalue weighted by Crippen LogP contribution is -2.60. The number of likely N-dealkylation sites (tertiary alicyclic amines) is 1. The molecule has 1 saturated heterocycles. The Morgan fingerprint density at radius 1 is 1.65 bits per heavy atom. The molecule has 1 aliphatic heterocycles. The summed E-state index contributed by atoms with van der Waals surface area (Å²) in [6.07, 6.45) is 3.98. The summed E-state index contributed by atoms with van der Waals surface area (Å²) in [5, 5.41) is 3.84. The predicted molar refractivity (Wildman–Crippen MR) is 101 cm³/mol. The molecule has 1 fully saturated rings. The molecule has 4 nitrogen and oxygen atoms in total. The van der Waals surface area contributed by atoms with Crippen molar-refractivity contribution >= 4 is 51.1 Å². The number of amides is 1. The van der Waals surface area contributed by atoms with Crippen LogP contribution in [0.3, 0.4) is 0 Å². The number of nitrogens with one attached hydrogen (secondary N) is 1. The molecule has 1 heterocycles. The average Bonchev–Trinajstić information content (AvgIpc) is 2.51. The Kier molecular flexibility index (Phi) is 9.12. The van der Waals surface area contributed by atoms with Gasteiger partial charge in [-0.25, -0.2) is 8.79 Å². The summed E-state index contributed by atoms with van der Waals surface area (Å²) in [4.78, 5) is 13.1. The number of allylic oxidation sites excluding steroid dienone is 3. The van der Waals surface area contributed by atoms with Gasteiger partial charge in [0.2, 0.25) is 5.91 Å². The van der Waals surface area contributed by atoms with Gasteiger partial charge in [0.05, 0.1) is 14.9 Å². The van der Waals surface area contributed by atoms with Gasteiger partial charge in [-0.05, 0) is 47.8 Å². The van der Waals surface area contributed by atoms with E-state index in [-0.39, 0.29) is 21.8 Å². The summed E-state index contributed by atoms with van der Waals surface area (Å²) in [5.74, 6) is -0.0330. The highest BCUT2D eigenvalue weighted by atomic mass is 79.9. The second-order valence-corrected chi connectivity index (χ2v) is 7.46.